The van der Waals surface area contributed by atoms with Crippen molar-refractivity contribution in [2.24, 2.45) is 7.05 Å². The van der Waals surface area contributed by atoms with Crippen LogP contribution in [0.4, 0.5) is 5.69 Å². The molecular formula is C21H17N3O2S. The van der Waals surface area contributed by atoms with Gasteiger partial charge in [-0.2, -0.15) is 0 Å². The number of carbonyl (C=O) groups excluding carboxylic acids is 2. The Labute approximate surface area is 161 Å². The highest BCUT2D eigenvalue weighted by molar-refractivity contribution is 7.80. The van der Waals surface area contributed by atoms with Crippen LogP contribution in [-0.2, 0) is 16.6 Å². The van der Waals surface area contributed by atoms with Gasteiger partial charge in [0.1, 0.15) is 5.57 Å². The number of nitrogens with one attached hydrogen (secondary N) is 1. The van der Waals surface area contributed by atoms with Gasteiger partial charge in [0.25, 0.3) is 11.8 Å². The van der Waals surface area contributed by atoms with E-state index in [9.17, 15) is 9.59 Å². The lowest BCUT2D eigenvalue weighted by atomic mass is 10.1. The minimum Gasteiger partial charge on any atom is -0.350 e. The van der Waals surface area contributed by atoms with Crippen molar-refractivity contribution in [1.82, 2.24) is 9.88 Å². The third kappa shape index (κ3) is 2.94. The molecule has 134 valence electrons. The number of fused-ring (bicyclic) bond motifs is 1. The number of aryl methyl sites for hydroxylation is 2. The number of benzene rings is 2. The molecule has 1 aliphatic rings. The number of anilines is 1. The molecule has 0 unspecified atom stereocenters. The van der Waals surface area contributed by atoms with Gasteiger partial charge in [0.2, 0.25) is 0 Å². The fourth-order valence-electron chi connectivity index (χ4n) is 3.30. The third-order valence-electron chi connectivity index (χ3n) is 4.59. The topological polar surface area (TPSA) is 54.3 Å². The molecule has 0 atom stereocenters. The van der Waals surface area contributed by atoms with Gasteiger partial charge < -0.3 is 4.57 Å². The van der Waals surface area contributed by atoms with Crippen molar-refractivity contribution in [3.8, 4) is 0 Å². The van der Waals surface area contributed by atoms with Gasteiger partial charge in [0.15, 0.2) is 5.11 Å². The number of thiocarbonyl (C=S) groups is 1. The van der Waals surface area contributed by atoms with Gasteiger partial charge in [-0.15, -0.1) is 0 Å². The number of hydrogen-bond acceptors (Lipinski definition) is 3. The Balaban J connectivity index is 1.82. The summed E-state index contributed by atoms with van der Waals surface area (Å²) in [6, 6.07) is 15.3. The Kier molecular flexibility index (Phi) is 4.12. The molecule has 0 bridgehead atoms. The van der Waals surface area contributed by atoms with Crippen molar-refractivity contribution in [2.75, 3.05) is 4.90 Å². The molecule has 1 aliphatic heterocycles. The summed E-state index contributed by atoms with van der Waals surface area (Å²) in [5, 5.41) is 3.69. The summed E-state index contributed by atoms with van der Waals surface area (Å²) in [5.74, 6) is -0.913. The first-order valence-corrected chi connectivity index (χ1v) is 8.89. The van der Waals surface area contributed by atoms with E-state index < -0.39 is 11.8 Å². The molecular weight excluding hydrogens is 358 g/mol. The van der Waals surface area contributed by atoms with E-state index in [0.29, 0.717) is 5.69 Å². The molecule has 5 nitrogen and oxygen atoms in total. The molecule has 0 aliphatic carbocycles. The van der Waals surface area contributed by atoms with Gasteiger partial charge in [-0.1, -0.05) is 30.3 Å². The van der Waals surface area contributed by atoms with Crippen LogP contribution in [0.1, 0.15) is 11.1 Å². The van der Waals surface area contributed by atoms with E-state index in [2.05, 4.69) is 5.32 Å². The lowest BCUT2D eigenvalue weighted by Crippen LogP contribution is -2.54. The molecule has 0 radical (unpaired) electrons. The lowest BCUT2D eigenvalue weighted by Gasteiger charge is -2.29. The monoisotopic (exact) mass is 375 g/mol. The Bertz CT molecular complexity index is 1140. The number of amides is 2. The number of rotatable bonds is 2. The predicted molar refractivity (Wildman–Crippen MR) is 110 cm³/mol. The summed E-state index contributed by atoms with van der Waals surface area (Å²) in [6.45, 7) is 1.94. The van der Waals surface area contributed by atoms with E-state index in [0.717, 1.165) is 22.0 Å². The number of nitrogens with zero attached hydrogens (tertiary/aromatic N) is 2. The standard InChI is InChI=1S/C21H17N3O2S/c1-13-6-5-7-15(10-13)24-20(26)17(19(25)22-21(24)27)11-14-12-23(2)18-9-4-3-8-16(14)18/h3-12H,1-2H3,(H,22,25,27)/b17-11-. The van der Waals surface area contributed by atoms with Crippen molar-refractivity contribution in [3.05, 3.63) is 71.4 Å². The van der Waals surface area contributed by atoms with E-state index in [1.807, 2.05) is 67.2 Å². The second kappa shape index (κ2) is 6.48. The van der Waals surface area contributed by atoms with Crippen molar-refractivity contribution in [3.63, 3.8) is 0 Å². The first-order chi connectivity index (χ1) is 13.0. The molecule has 1 saturated heterocycles. The summed E-state index contributed by atoms with van der Waals surface area (Å²) in [7, 11) is 1.93. The van der Waals surface area contributed by atoms with E-state index in [1.54, 1.807) is 12.1 Å². The Morgan fingerprint density at radius 3 is 2.63 bits per heavy atom. The van der Waals surface area contributed by atoms with E-state index in [-0.39, 0.29) is 10.7 Å². The summed E-state index contributed by atoms with van der Waals surface area (Å²) in [5.41, 5.74) is 3.53. The Hall–Kier alpha value is -3.25. The van der Waals surface area contributed by atoms with Gasteiger partial charge in [-0.3, -0.25) is 19.8 Å². The number of hydrogen-bond donors (Lipinski definition) is 1. The number of carbonyl (C=O) groups is 2. The van der Waals surface area contributed by atoms with Crippen LogP contribution in [0.5, 0.6) is 0 Å². The van der Waals surface area contributed by atoms with Crippen LogP contribution in [0, 0.1) is 6.92 Å². The van der Waals surface area contributed by atoms with Gasteiger partial charge >= 0.3 is 0 Å². The molecule has 1 fully saturated rings. The normalized spacial score (nSPS) is 16.3. The number of para-hydroxylation sites is 1. The molecule has 0 saturated carbocycles. The molecule has 2 amide bonds. The van der Waals surface area contributed by atoms with Gasteiger partial charge in [-0.25, -0.2) is 0 Å². The predicted octanol–water partition coefficient (Wildman–Crippen LogP) is 3.32. The summed E-state index contributed by atoms with van der Waals surface area (Å²) < 4.78 is 1.97. The van der Waals surface area contributed by atoms with Crippen LogP contribution < -0.4 is 10.2 Å². The van der Waals surface area contributed by atoms with E-state index in [1.165, 1.54) is 4.90 Å². The quantitative estimate of drug-likeness (QED) is 0.425. The van der Waals surface area contributed by atoms with Gasteiger partial charge in [0, 0.05) is 29.7 Å². The molecule has 3 aromatic rings. The van der Waals surface area contributed by atoms with Crippen LogP contribution in [-0.4, -0.2) is 21.5 Å². The van der Waals surface area contributed by atoms with Gasteiger partial charge in [0.05, 0.1) is 5.69 Å². The molecule has 1 N–H and O–H groups in total. The highest BCUT2D eigenvalue weighted by atomic mass is 32.1. The van der Waals surface area contributed by atoms with Crippen molar-refractivity contribution < 1.29 is 9.59 Å². The SMILES string of the molecule is Cc1cccc(N2C(=O)/C(=C\c3cn(C)c4ccccc34)C(=O)NC2=S)c1. The summed E-state index contributed by atoms with van der Waals surface area (Å²) in [6.07, 6.45) is 3.53. The molecule has 2 aromatic carbocycles. The van der Waals surface area contributed by atoms with E-state index >= 15 is 0 Å². The zero-order valence-electron chi connectivity index (χ0n) is 14.9. The maximum Gasteiger partial charge on any atom is 0.270 e. The second-order valence-electron chi connectivity index (χ2n) is 6.51. The highest BCUT2D eigenvalue weighted by Crippen LogP contribution is 2.26. The summed E-state index contributed by atoms with van der Waals surface area (Å²) in [4.78, 5) is 27.0. The van der Waals surface area contributed by atoms with Crippen molar-refractivity contribution >= 4 is 51.8 Å². The van der Waals surface area contributed by atoms with Gasteiger partial charge in [-0.05, 0) is 49.0 Å². The van der Waals surface area contributed by atoms with Crippen LogP contribution in [0.3, 0.4) is 0 Å². The molecule has 4 rings (SSSR count). The first kappa shape index (κ1) is 17.2. The molecule has 0 spiro atoms. The zero-order chi connectivity index (χ0) is 19.1. The average Bonchev–Trinajstić information content (AvgIpc) is 2.95. The van der Waals surface area contributed by atoms with Crippen LogP contribution in [0.2, 0.25) is 0 Å². The van der Waals surface area contributed by atoms with Crippen LogP contribution >= 0.6 is 12.2 Å². The molecule has 1 aromatic heterocycles. The highest BCUT2D eigenvalue weighted by Gasteiger charge is 2.34. The largest absolute Gasteiger partial charge is 0.350 e. The minimum absolute atomic E-state index is 0.0569. The maximum absolute atomic E-state index is 13.1. The maximum atomic E-state index is 13.1. The molecule has 27 heavy (non-hydrogen) atoms. The van der Waals surface area contributed by atoms with Crippen LogP contribution in [0.15, 0.2) is 60.3 Å². The zero-order valence-corrected chi connectivity index (χ0v) is 15.7. The van der Waals surface area contributed by atoms with E-state index in [4.69, 9.17) is 12.2 Å². The summed E-state index contributed by atoms with van der Waals surface area (Å²) >= 11 is 5.25. The van der Waals surface area contributed by atoms with Crippen molar-refractivity contribution in [2.45, 2.75) is 6.92 Å². The molecule has 2 heterocycles. The smallest absolute Gasteiger partial charge is 0.270 e. The fraction of sp³-hybridized carbons (Fsp3) is 0.0952. The lowest BCUT2D eigenvalue weighted by molar-refractivity contribution is -0.122. The van der Waals surface area contributed by atoms with Crippen molar-refractivity contribution in [1.29, 1.82) is 0 Å². The average molecular weight is 375 g/mol. The fourth-order valence-corrected chi connectivity index (χ4v) is 3.58. The Morgan fingerprint density at radius 1 is 1.07 bits per heavy atom. The number of aromatic nitrogens is 1. The third-order valence-corrected chi connectivity index (χ3v) is 4.87. The minimum atomic E-state index is -0.484. The Morgan fingerprint density at radius 2 is 1.85 bits per heavy atom. The first-order valence-electron chi connectivity index (χ1n) is 8.48. The molecule has 6 heteroatoms. The van der Waals surface area contributed by atoms with Crippen LogP contribution in [0.25, 0.3) is 17.0 Å². The second-order valence-corrected chi connectivity index (χ2v) is 6.90.